The van der Waals surface area contributed by atoms with Crippen LogP contribution in [0.1, 0.15) is 26.7 Å². The lowest BCUT2D eigenvalue weighted by molar-refractivity contribution is -0.266. The standard InChI is InChI=1S/C15H24O5/c1-13(9-17)6-11-10(8-16)4-3-5-14(2,19)7-12(18)15(11,13)20/h3-5,11-12,16-20H,6-9H2,1-2H3/b5-3-,10-4-/t11-,12+,13-,14-,15-/m1/s1. The Balaban J connectivity index is 2.46. The lowest BCUT2D eigenvalue weighted by atomic mass is 9.47. The molecule has 0 saturated heterocycles. The fourth-order valence-electron chi connectivity index (χ4n) is 3.57. The Labute approximate surface area is 118 Å². The van der Waals surface area contributed by atoms with Crippen LogP contribution in [0.5, 0.6) is 0 Å². The van der Waals surface area contributed by atoms with E-state index >= 15 is 0 Å². The first-order chi connectivity index (χ1) is 9.20. The Bertz CT molecular complexity index is 442. The largest absolute Gasteiger partial charge is 0.396 e. The van der Waals surface area contributed by atoms with Crippen molar-refractivity contribution in [3.05, 3.63) is 23.8 Å². The first-order valence-corrected chi connectivity index (χ1v) is 6.93. The number of hydrogen-bond donors (Lipinski definition) is 5. The molecule has 20 heavy (non-hydrogen) atoms. The molecule has 5 atom stereocenters. The molecule has 0 unspecified atom stereocenters. The van der Waals surface area contributed by atoms with E-state index in [-0.39, 0.29) is 19.6 Å². The molecule has 114 valence electrons. The molecule has 0 aromatic rings. The second-order valence-electron chi connectivity index (χ2n) is 6.64. The highest BCUT2D eigenvalue weighted by molar-refractivity contribution is 5.31. The monoisotopic (exact) mass is 284 g/mol. The number of aliphatic hydroxyl groups excluding tert-OH is 3. The molecule has 0 bridgehead atoms. The van der Waals surface area contributed by atoms with Gasteiger partial charge in [-0.1, -0.05) is 25.2 Å². The Morgan fingerprint density at radius 2 is 1.85 bits per heavy atom. The Kier molecular flexibility index (Phi) is 3.86. The molecule has 2 aliphatic carbocycles. The smallest absolute Gasteiger partial charge is 0.105 e. The van der Waals surface area contributed by atoms with E-state index in [0.29, 0.717) is 12.0 Å². The van der Waals surface area contributed by atoms with Crippen molar-refractivity contribution in [3.8, 4) is 0 Å². The molecule has 5 heteroatoms. The van der Waals surface area contributed by atoms with Crippen LogP contribution in [-0.4, -0.2) is 56.1 Å². The van der Waals surface area contributed by atoms with Crippen LogP contribution >= 0.6 is 0 Å². The topological polar surface area (TPSA) is 101 Å². The fraction of sp³-hybridized carbons (Fsp3) is 0.733. The van der Waals surface area contributed by atoms with Gasteiger partial charge in [-0.15, -0.1) is 0 Å². The van der Waals surface area contributed by atoms with Crippen molar-refractivity contribution >= 4 is 0 Å². The normalized spacial score (nSPS) is 52.6. The van der Waals surface area contributed by atoms with Crippen molar-refractivity contribution in [2.75, 3.05) is 13.2 Å². The minimum Gasteiger partial charge on any atom is -0.396 e. The molecule has 5 nitrogen and oxygen atoms in total. The molecule has 1 fully saturated rings. The quantitative estimate of drug-likeness (QED) is 0.480. The number of allylic oxidation sites excluding steroid dienone is 2. The Morgan fingerprint density at radius 1 is 1.20 bits per heavy atom. The third-order valence-electron chi connectivity index (χ3n) is 5.01. The molecule has 0 aromatic heterocycles. The molecule has 0 radical (unpaired) electrons. The molecular formula is C15H24O5. The molecule has 2 aliphatic rings. The van der Waals surface area contributed by atoms with Gasteiger partial charge in [-0.25, -0.2) is 0 Å². The van der Waals surface area contributed by atoms with Crippen LogP contribution in [0.15, 0.2) is 23.8 Å². The van der Waals surface area contributed by atoms with Crippen molar-refractivity contribution in [1.82, 2.24) is 0 Å². The summed E-state index contributed by atoms with van der Waals surface area (Å²) in [5.41, 5.74) is -3.04. The Morgan fingerprint density at radius 3 is 2.40 bits per heavy atom. The van der Waals surface area contributed by atoms with Gasteiger partial charge in [-0.05, 0) is 18.9 Å². The van der Waals surface area contributed by atoms with E-state index in [1.165, 1.54) is 6.08 Å². The summed E-state index contributed by atoms with van der Waals surface area (Å²) >= 11 is 0. The van der Waals surface area contributed by atoms with Crippen LogP contribution in [0.4, 0.5) is 0 Å². The van der Waals surface area contributed by atoms with E-state index < -0.39 is 28.6 Å². The van der Waals surface area contributed by atoms with Crippen LogP contribution in [0.25, 0.3) is 0 Å². The first kappa shape index (κ1) is 15.7. The van der Waals surface area contributed by atoms with Crippen LogP contribution in [0.3, 0.4) is 0 Å². The minimum absolute atomic E-state index is 0.0291. The summed E-state index contributed by atoms with van der Waals surface area (Å²) in [6, 6.07) is 0. The maximum atomic E-state index is 11.0. The Hall–Kier alpha value is -0.720. The second kappa shape index (κ2) is 4.93. The average Bonchev–Trinajstić information content (AvgIpc) is 2.41. The second-order valence-corrected chi connectivity index (χ2v) is 6.64. The van der Waals surface area contributed by atoms with Crippen molar-refractivity contribution in [2.45, 2.75) is 44.0 Å². The van der Waals surface area contributed by atoms with E-state index in [2.05, 4.69) is 0 Å². The van der Waals surface area contributed by atoms with Gasteiger partial charge in [0.05, 0.1) is 24.9 Å². The maximum Gasteiger partial charge on any atom is 0.105 e. The van der Waals surface area contributed by atoms with Gasteiger partial charge in [0.1, 0.15) is 5.60 Å². The molecule has 0 spiro atoms. The summed E-state index contributed by atoms with van der Waals surface area (Å²) < 4.78 is 0. The van der Waals surface area contributed by atoms with Gasteiger partial charge in [0.2, 0.25) is 0 Å². The summed E-state index contributed by atoms with van der Waals surface area (Å²) in [6.07, 6.45) is 4.11. The highest BCUT2D eigenvalue weighted by atomic mass is 16.4. The van der Waals surface area contributed by atoms with E-state index in [1.807, 2.05) is 0 Å². The molecule has 0 amide bonds. The van der Waals surface area contributed by atoms with Gasteiger partial charge >= 0.3 is 0 Å². The zero-order valence-corrected chi connectivity index (χ0v) is 12.0. The van der Waals surface area contributed by atoms with E-state index in [9.17, 15) is 25.5 Å². The maximum absolute atomic E-state index is 11.0. The highest BCUT2D eigenvalue weighted by Crippen LogP contribution is 2.59. The minimum atomic E-state index is -1.55. The molecule has 5 N–H and O–H groups in total. The number of rotatable bonds is 2. The molecule has 0 aliphatic heterocycles. The van der Waals surface area contributed by atoms with Crippen molar-refractivity contribution < 1.29 is 25.5 Å². The van der Waals surface area contributed by atoms with Crippen molar-refractivity contribution in [2.24, 2.45) is 11.3 Å². The zero-order valence-electron chi connectivity index (χ0n) is 12.0. The van der Waals surface area contributed by atoms with Crippen LogP contribution < -0.4 is 0 Å². The predicted octanol–water partition coefficient (Wildman–Crippen LogP) is -0.274. The zero-order chi connectivity index (χ0) is 15.2. The van der Waals surface area contributed by atoms with Gasteiger partial charge < -0.3 is 25.5 Å². The van der Waals surface area contributed by atoms with Crippen LogP contribution in [0, 0.1) is 11.3 Å². The molecule has 2 rings (SSSR count). The number of hydrogen-bond acceptors (Lipinski definition) is 5. The van der Waals surface area contributed by atoms with Crippen LogP contribution in [-0.2, 0) is 0 Å². The summed E-state index contributed by atoms with van der Waals surface area (Å²) in [6.45, 7) is 2.78. The van der Waals surface area contributed by atoms with Gasteiger partial charge in [0.15, 0.2) is 0 Å². The third-order valence-corrected chi connectivity index (χ3v) is 5.01. The lowest BCUT2D eigenvalue weighted by Crippen LogP contribution is -2.71. The summed E-state index contributed by atoms with van der Waals surface area (Å²) in [5.74, 6) is -0.418. The predicted molar refractivity (Wildman–Crippen MR) is 73.8 cm³/mol. The summed E-state index contributed by atoms with van der Waals surface area (Å²) in [4.78, 5) is 0. The van der Waals surface area contributed by atoms with Gasteiger partial charge in [-0.2, -0.15) is 0 Å². The molecular weight excluding hydrogens is 260 g/mol. The van der Waals surface area contributed by atoms with E-state index in [0.717, 1.165) is 0 Å². The first-order valence-electron chi connectivity index (χ1n) is 6.93. The van der Waals surface area contributed by atoms with Gasteiger partial charge in [-0.3, -0.25) is 0 Å². The molecule has 0 aromatic carbocycles. The van der Waals surface area contributed by atoms with Gasteiger partial charge in [0, 0.05) is 17.8 Å². The number of fused-ring (bicyclic) bond motifs is 1. The van der Waals surface area contributed by atoms with E-state index in [1.54, 1.807) is 26.0 Å². The lowest BCUT2D eigenvalue weighted by Gasteiger charge is -2.62. The highest BCUT2D eigenvalue weighted by Gasteiger charge is 2.66. The number of aliphatic hydroxyl groups is 5. The average molecular weight is 284 g/mol. The van der Waals surface area contributed by atoms with Crippen LogP contribution in [0.2, 0.25) is 0 Å². The third kappa shape index (κ3) is 2.14. The van der Waals surface area contributed by atoms with Crippen molar-refractivity contribution in [1.29, 1.82) is 0 Å². The van der Waals surface area contributed by atoms with Crippen molar-refractivity contribution in [3.63, 3.8) is 0 Å². The summed E-state index contributed by atoms with van der Waals surface area (Å²) in [7, 11) is 0. The summed E-state index contributed by atoms with van der Waals surface area (Å²) in [5, 5.41) is 50.7. The van der Waals surface area contributed by atoms with E-state index in [4.69, 9.17) is 0 Å². The SMILES string of the molecule is C[C@]1(CO)C[C@@H]2/C(CO)=C\C=C/[C@@](C)(O)C[C@H](O)[C@]21O. The van der Waals surface area contributed by atoms with Gasteiger partial charge in [0.25, 0.3) is 0 Å². The fourth-order valence-corrected chi connectivity index (χ4v) is 3.57. The molecule has 0 heterocycles. The molecule has 1 saturated carbocycles.